The van der Waals surface area contributed by atoms with E-state index in [-0.39, 0.29) is 17.1 Å². The molecule has 6 heteroatoms. The first-order chi connectivity index (χ1) is 13.1. The van der Waals surface area contributed by atoms with Gasteiger partial charge in [-0.3, -0.25) is 14.4 Å². The lowest BCUT2D eigenvalue weighted by Crippen LogP contribution is -2.49. The van der Waals surface area contributed by atoms with Crippen LogP contribution in [0.4, 0.5) is 4.39 Å². The quantitative estimate of drug-likeness (QED) is 0.812. The van der Waals surface area contributed by atoms with Gasteiger partial charge in [-0.1, -0.05) is 12.1 Å². The second-order valence-electron chi connectivity index (χ2n) is 7.90. The van der Waals surface area contributed by atoms with Gasteiger partial charge < -0.3 is 4.90 Å². The predicted molar refractivity (Wildman–Crippen MR) is 101 cm³/mol. The van der Waals surface area contributed by atoms with Gasteiger partial charge in [0.1, 0.15) is 5.82 Å². The van der Waals surface area contributed by atoms with Gasteiger partial charge in [-0.2, -0.15) is 5.10 Å². The van der Waals surface area contributed by atoms with Crippen molar-refractivity contribution in [1.82, 2.24) is 19.6 Å². The summed E-state index contributed by atoms with van der Waals surface area (Å²) in [6.45, 7) is 6.95. The number of halogens is 1. The molecule has 0 saturated carbocycles. The minimum absolute atomic E-state index is 0.238. The lowest BCUT2D eigenvalue weighted by molar-refractivity contribution is -0.146. The molecule has 0 aliphatic carbocycles. The van der Waals surface area contributed by atoms with Crippen molar-refractivity contribution < 1.29 is 9.18 Å². The highest BCUT2D eigenvalue weighted by atomic mass is 19.1. The highest BCUT2D eigenvalue weighted by Gasteiger charge is 2.48. The van der Waals surface area contributed by atoms with Crippen molar-refractivity contribution in [1.29, 1.82) is 0 Å². The van der Waals surface area contributed by atoms with Crippen molar-refractivity contribution in [3.05, 3.63) is 53.6 Å². The highest BCUT2D eigenvalue weighted by molar-refractivity contribution is 5.84. The second kappa shape index (κ2) is 7.43. The summed E-state index contributed by atoms with van der Waals surface area (Å²) in [5.74, 6) is 0.0304. The summed E-state index contributed by atoms with van der Waals surface area (Å²) in [5, 5.41) is 4.35. The number of hydrogen-bond donors (Lipinski definition) is 0. The number of aromatic nitrogens is 2. The fourth-order valence-corrected chi connectivity index (χ4v) is 4.50. The zero-order valence-corrected chi connectivity index (χ0v) is 15.9. The minimum Gasteiger partial charge on any atom is -0.338 e. The molecule has 27 heavy (non-hydrogen) atoms. The van der Waals surface area contributed by atoms with Gasteiger partial charge in [0.05, 0.1) is 11.6 Å². The smallest absolute Gasteiger partial charge is 0.230 e. The molecular formula is C21H27FN4O. The van der Waals surface area contributed by atoms with Gasteiger partial charge in [0.2, 0.25) is 5.91 Å². The highest BCUT2D eigenvalue weighted by Crippen LogP contribution is 2.40. The number of carbonyl (C=O) groups is 1. The number of benzene rings is 1. The van der Waals surface area contributed by atoms with Crippen molar-refractivity contribution >= 4 is 5.91 Å². The van der Waals surface area contributed by atoms with Crippen LogP contribution in [0.1, 0.15) is 37.3 Å². The fourth-order valence-electron chi connectivity index (χ4n) is 4.50. The normalized spacial score (nSPS) is 23.5. The zero-order chi connectivity index (χ0) is 18.9. The molecule has 4 rings (SSSR count). The van der Waals surface area contributed by atoms with Crippen LogP contribution in [-0.4, -0.2) is 45.1 Å². The summed E-state index contributed by atoms with van der Waals surface area (Å²) >= 11 is 0. The molecule has 5 nitrogen and oxygen atoms in total. The standard InChI is InChI=1S/C21H27FN4O/c1-2-26-15-18(12-23-26)13-24-11-9-21(16-24)8-3-10-25(20(21)27)14-17-4-6-19(22)7-5-17/h4-7,12,15H,2-3,8-11,13-14,16H2,1H3. The van der Waals surface area contributed by atoms with E-state index in [4.69, 9.17) is 0 Å². The SMILES string of the molecule is CCn1cc(CN2CCC3(CCCN(Cc4ccc(F)cc4)C3=O)C2)cn1. The molecule has 1 atom stereocenters. The van der Waals surface area contributed by atoms with Crippen LogP contribution in [0.2, 0.25) is 0 Å². The Labute approximate surface area is 159 Å². The maximum absolute atomic E-state index is 13.3. The van der Waals surface area contributed by atoms with Crippen LogP contribution >= 0.6 is 0 Å². The largest absolute Gasteiger partial charge is 0.338 e. The zero-order valence-electron chi connectivity index (χ0n) is 15.9. The van der Waals surface area contributed by atoms with E-state index in [2.05, 4.69) is 23.1 Å². The van der Waals surface area contributed by atoms with Crippen molar-refractivity contribution in [2.75, 3.05) is 19.6 Å². The number of hydrogen-bond acceptors (Lipinski definition) is 3. The van der Waals surface area contributed by atoms with E-state index in [9.17, 15) is 9.18 Å². The Hall–Kier alpha value is -2.21. The average Bonchev–Trinajstić information content (AvgIpc) is 3.29. The molecule has 1 amide bonds. The molecule has 2 aliphatic rings. The summed E-state index contributed by atoms with van der Waals surface area (Å²) < 4.78 is 15.1. The van der Waals surface area contributed by atoms with Crippen LogP contribution in [-0.2, 0) is 24.4 Å². The van der Waals surface area contributed by atoms with Crippen molar-refractivity contribution in [2.45, 2.75) is 45.8 Å². The van der Waals surface area contributed by atoms with Crippen molar-refractivity contribution in [3.63, 3.8) is 0 Å². The number of likely N-dealkylation sites (tertiary alicyclic amines) is 2. The maximum atomic E-state index is 13.3. The van der Waals surface area contributed by atoms with Gasteiger partial charge >= 0.3 is 0 Å². The molecule has 144 valence electrons. The van der Waals surface area contributed by atoms with E-state index >= 15 is 0 Å². The van der Waals surface area contributed by atoms with Crippen LogP contribution in [0, 0.1) is 11.2 Å². The molecule has 3 heterocycles. The van der Waals surface area contributed by atoms with Gasteiger partial charge in [-0.15, -0.1) is 0 Å². The van der Waals surface area contributed by atoms with Crippen molar-refractivity contribution in [3.8, 4) is 0 Å². The van der Waals surface area contributed by atoms with Crippen molar-refractivity contribution in [2.24, 2.45) is 5.41 Å². The van der Waals surface area contributed by atoms with Crippen LogP contribution in [0.3, 0.4) is 0 Å². The van der Waals surface area contributed by atoms with E-state index in [1.807, 2.05) is 15.8 Å². The molecule has 0 bridgehead atoms. The first-order valence-corrected chi connectivity index (χ1v) is 9.85. The molecule has 0 radical (unpaired) electrons. The van der Waals surface area contributed by atoms with Crippen LogP contribution < -0.4 is 0 Å². The van der Waals surface area contributed by atoms with Crippen LogP contribution in [0.25, 0.3) is 0 Å². The molecule has 0 N–H and O–H groups in total. The Morgan fingerprint density at radius 1 is 1.11 bits per heavy atom. The number of amides is 1. The molecule has 2 aromatic rings. The molecule has 2 saturated heterocycles. The predicted octanol–water partition coefficient (Wildman–Crippen LogP) is 3.06. The average molecular weight is 370 g/mol. The Balaban J connectivity index is 1.41. The first kappa shape index (κ1) is 18.2. The molecule has 1 aromatic carbocycles. The molecule has 1 aromatic heterocycles. The summed E-state index contributed by atoms with van der Waals surface area (Å²) in [4.78, 5) is 17.6. The maximum Gasteiger partial charge on any atom is 0.230 e. The number of nitrogens with zero attached hydrogens (tertiary/aromatic N) is 4. The summed E-state index contributed by atoms with van der Waals surface area (Å²) in [7, 11) is 0. The Morgan fingerprint density at radius 3 is 2.67 bits per heavy atom. The Bertz CT molecular complexity index is 803. The first-order valence-electron chi connectivity index (χ1n) is 9.85. The number of aryl methyl sites for hydroxylation is 1. The summed E-state index contributed by atoms with van der Waals surface area (Å²) in [6.07, 6.45) is 6.95. The number of rotatable bonds is 5. The molecule has 1 unspecified atom stereocenters. The van der Waals surface area contributed by atoms with E-state index in [1.54, 1.807) is 12.1 Å². The Kier molecular flexibility index (Phi) is 5.00. The lowest BCUT2D eigenvalue weighted by Gasteiger charge is -2.39. The topological polar surface area (TPSA) is 41.4 Å². The number of piperidine rings is 1. The Morgan fingerprint density at radius 2 is 1.93 bits per heavy atom. The van der Waals surface area contributed by atoms with Gasteiger partial charge in [0, 0.05) is 44.5 Å². The third-order valence-electron chi connectivity index (χ3n) is 5.96. The molecular weight excluding hydrogens is 343 g/mol. The van der Waals surface area contributed by atoms with E-state index < -0.39 is 0 Å². The third-order valence-corrected chi connectivity index (χ3v) is 5.96. The lowest BCUT2D eigenvalue weighted by atomic mass is 9.78. The molecule has 2 aliphatic heterocycles. The third kappa shape index (κ3) is 3.76. The van der Waals surface area contributed by atoms with Gasteiger partial charge in [0.25, 0.3) is 0 Å². The van der Waals surface area contributed by atoms with E-state index in [0.29, 0.717) is 6.54 Å². The molecule has 2 fully saturated rings. The van der Waals surface area contributed by atoms with Gasteiger partial charge in [-0.25, -0.2) is 4.39 Å². The molecule has 1 spiro atoms. The number of carbonyl (C=O) groups excluding carboxylic acids is 1. The fraction of sp³-hybridized carbons (Fsp3) is 0.524. The summed E-state index contributed by atoms with van der Waals surface area (Å²) in [5.41, 5.74) is 1.95. The van der Waals surface area contributed by atoms with Gasteiger partial charge in [-0.05, 0) is 50.4 Å². The van der Waals surface area contributed by atoms with Crippen LogP contribution in [0.5, 0.6) is 0 Å². The summed E-state index contributed by atoms with van der Waals surface area (Å²) in [6, 6.07) is 6.48. The van der Waals surface area contributed by atoms with E-state index in [1.165, 1.54) is 17.7 Å². The van der Waals surface area contributed by atoms with Gasteiger partial charge in [0.15, 0.2) is 0 Å². The minimum atomic E-state index is -0.251. The van der Waals surface area contributed by atoms with Crippen LogP contribution in [0.15, 0.2) is 36.7 Å². The van der Waals surface area contributed by atoms with E-state index in [0.717, 1.165) is 57.5 Å². The monoisotopic (exact) mass is 370 g/mol. The second-order valence-corrected chi connectivity index (χ2v) is 7.90.